The van der Waals surface area contributed by atoms with E-state index in [0.717, 1.165) is 31.2 Å². The van der Waals surface area contributed by atoms with E-state index in [2.05, 4.69) is 0 Å². The quantitative estimate of drug-likeness (QED) is 0.926. The van der Waals surface area contributed by atoms with Crippen LogP contribution in [0.25, 0.3) is 0 Å². The van der Waals surface area contributed by atoms with Crippen LogP contribution in [0.3, 0.4) is 0 Å². The second-order valence-electron chi connectivity index (χ2n) is 6.19. The number of hydrogen-bond acceptors (Lipinski definition) is 2. The number of amides is 1. The lowest BCUT2D eigenvalue weighted by atomic mass is 9.73. The van der Waals surface area contributed by atoms with Crippen LogP contribution in [0.2, 0.25) is 0 Å². The summed E-state index contributed by atoms with van der Waals surface area (Å²) < 4.78 is 13.0. The molecule has 116 valence electrons. The lowest BCUT2D eigenvalue weighted by molar-refractivity contribution is -0.144. The molecule has 0 saturated heterocycles. The SMILES string of the molecule is CC(c1ccc(F)cc1)N(C)C(=O)C1(CN)CCCCC1. The van der Waals surface area contributed by atoms with E-state index in [0.29, 0.717) is 6.54 Å². The summed E-state index contributed by atoms with van der Waals surface area (Å²) in [6.07, 6.45) is 5.08. The standard InChI is InChI=1S/C17H25FN2O/c1-13(14-6-8-15(18)9-7-14)20(2)16(21)17(12-19)10-4-3-5-11-17/h6-9,13H,3-5,10-12,19H2,1-2H3. The number of rotatable bonds is 4. The summed E-state index contributed by atoms with van der Waals surface area (Å²) in [6, 6.07) is 6.26. The minimum Gasteiger partial charge on any atom is -0.338 e. The topological polar surface area (TPSA) is 46.3 Å². The third-order valence-corrected chi connectivity index (χ3v) is 4.91. The van der Waals surface area contributed by atoms with Crippen molar-refractivity contribution in [3.63, 3.8) is 0 Å². The molecule has 1 fully saturated rings. The summed E-state index contributed by atoms with van der Waals surface area (Å²) in [4.78, 5) is 14.7. The van der Waals surface area contributed by atoms with Gasteiger partial charge in [-0.2, -0.15) is 0 Å². The summed E-state index contributed by atoms with van der Waals surface area (Å²) in [7, 11) is 1.82. The monoisotopic (exact) mass is 292 g/mol. The van der Waals surface area contributed by atoms with Crippen LogP contribution in [0.1, 0.15) is 50.6 Å². The van der Waals surface area contributed by atoms with E-state index in [4.69, 9.17) is 5.73 Å². The molecule has 1 atom stereocenters. The zero-order valence-electron chi connectivity index (χ0n) is 12.9. The Morgan fingerprint density at radius 2 is 1.86 bits per heavy atom. The molecule has 0 spiro atoms. The highest BCUT2D eigenvalue weighted by molar-refractivity contribution is 5.83. The zero-order valence-corrected chi connectivity index (χ0v) is 12.9. The second kappa shape index (κ2) is 6.56. The second-order valence-corrected chi connectivity index (χ2v) is 6.19. The van der Waals surface area contributed by atoms with E-state index in [9.17, 15) is 9.18 Å². The van der Waals surface area contributed by atoms with Gasteiger partial charge >= 0.3 is 0 Å². The molecule has 1 unspecified atom stereocenters. The van der Waals surface area contributed by atoms with Gasteiger partial charge in [0.05, 0.1) is 11.5 Å². The maximum absolute atomic E-state index is 13.0. The zero-order chi connectivity index (χ0) is 15.5. The van der Waals surface area contributed by atoms with Crippen molar-refractivity contribution in [3.05, 3.63) is 35.6 Å². The largest absolute Gasteiger partial charge is 0.338 e. The van der Waals surface area contributed by atoms with Crippen LogP contribution in [-0.2, 0) is 4.79 Å². The normalized spacial score (nSPS) is 19.0. The molecule has 2 rings (SSSR count). The molecule has 0 aromatic heterocycles. The summed E-state index contributed by atoms with van der Waals surface area (Å²) in [5.41, 5.74) is 6.48. The van der Waals surface area contributed by atoms with Gasteiger partial charge in [0.25, 0.3) is 0 Å². The molecule has 21 heavy (non-hydrogen) atoms. The first-order valence-corrected chi connectivity index (χ1v) is 7.73. The van der Waals surface area contributed by atoms with Gasteiger partial charge in [0, 0.05) is 13.6 Å². The van der Waals surface area contributed by atoms with Crippen LogP contribution in [0, 0.1) is 11.2 Å². The molecule has 0 aliphatic heterocycles. The smallest absolute Gasteiger partial charge is 0.230 e. The third-order valence-electron chi connectivity index (χ3n) is 4.91. The molecule has 1 saturated carbocycles. The minimum absolute atomic E-state index is 0.0801. The molecule has 4 heteroatoms. The first-order valence-electron chi connectivity index (χ1n) is 7.73. The molecular weight excluding hydrogens is 267 g/mol. The van der Waals surface area contributed by atoms with Gasteiger partial charge in [-0.3, -0.25) is 4.79 Å². The van der Waals surface area contributed by atoms with Crippen molar-refractivity contribution in [1.29, 1.82) is 0 Å². The summed E-state index contributed by atoms with van der Waals surface area (Å²) in [5.74, 6) is -0.132. The van der Waals surface area contributed by atoms with Crippen LogP contribution in [0.5, 0.6) is 0 Å². The first kappa shape index (κ1) is 16.0. The molecule has 0 radical (unpaired) electrons. The molecule has 1 aromatic rings. The van der Waals surface area contributed by atoms with Gasteiger partial charge in [-0.1, -0.05) is 31.4 Å². The third kappa shape index (κ3) is 3.26. The van der Waals surface area contributed by atoms with Crippen molar-refractivity contribution >= 4 is 5.91 Å². The van der Waals surface area contributed by atoms with Crippen molar-refractivity contribution in [1.82, 2.24) is 4.90 Å². The number of benzene rings is 1. The van der Waals surface area contributed by atoms with Crippen LogP contribution in [-0.4, -0.2) is 24.4 Å². The van der Waals surface area contributed by atoms with E-state index in [1.165, 1.54) is 18.6 Å². The highest BCUT2D eigenvalue weighted by Gasteiger charge is 2.41. The Labute approximate surface area is 126 Å². The predicted molar refractivity (Wildman–Crippen MR) is 82.2 cm³/mol. The molecule has 1 aliphatic carbocycles. The maximum atomic E-state index is 13.0. The Morgan fingerprint density at radius 1 is 1.29 bits per heavy atom. The van der Waals surface area contributed by atoms with Crippen LogP contribution < -0.4 is 5.73 Å². The summed E-state index contributed by atoms with van der Waals surface area (Å²) in [6.45, 7) is 2.38. The number of nitrogens with two attached hydrogens (primary N) is 1. The van der Waals surface area contributed by atoms with Crippen LogP contribution in [0.4, 0.5) is 4.39 Å². The van der Waals surface area contributed by atoms with E-state index >= 15 is 0 Å². The molecule has 3 nitrogen and oxygen atoms in total. The summed E-state index contributed by atoms with van der Waals surface area (Å²) >= 11 is 0. The van der Waals surface area contributed by atoms with Crippen molar-refractivity contribution in [2.75, 3.05) is 13.6 Å². The fraction of sp³-hybridized carbons (Fsp3) is 0.588. The van der Waals surface area contributed by atoms with Crippen molar-refractivity contribution in [2.45, 2.75) is 45.1 Å². The Bertz CT molecular complexity index is 480. The first-order chi connectivity index (χ1) is 10.00. The number of hydrogen-bond donors (Lipinski definition) is 1. The van der Waals surface area contributed by atoms with E-state index < -0.39 is 5.41 Å². The fourth-order valence-electron chi connectivity index (χ4n) is 3.25. The van der Waals surface area contributed by atoms with Gasteiger partial charge in [-0.15, -0.1) is 0 Å². The molecule has 1 aliphatic rings. The van der Waals surface area contributed by atoms with Gasteiger partial charge in [0.1, 0.15) is 5.82 Å². The number of nitrogens with zero attached hydrogens (tertiary/aromatic N) is 1. The lowest BCUT2D eigenvalue weighted by Gasteiger charge is -2.39. The van der Waals surface area contributed by atoms with Gasteiger partial charge in [-0.25, -0.2) is 4.39 Å². The average Bonchev–Trinajstić information content (AvgIpc) is 2.54. The molecule has 1 aromatic carbocycles. The molecular formula is C17H25FN2O. The van der Waals surface area contributed by atoms with E-state index in [-0.39, 0.29) is 17.8 Å². The fourth-order valence-corrected chi connectivity index (χ4v) is 3.25. The Kier molecular flexibility index (Phi) is 4.99. The maximum Gasteiger partial charge on any atom is 0.230 e. The van der Waals surface area contributed by atoms with Gasteiger partial charge in [0.15, 0.2) is 0 Å². The average molecular weight is 292 g/mol. The Morgan fingerprint density at radius 3 is 2.38 bits per heavy atom. The summed E-state index contributed by atoms with van der Waals surface area (Å²) in [5, 5.41) is 0. The molecule has 2 N–H and O–H groups in total. The van der Waals surface area contributed by atoms with Crippen LogP contribution in [0.15, 0.2) is 24.3 Å². The minimum atomic E-state index is -0.401. The van der Waals surface area contributed by atoms with Gasteiger partial charge in [0.2, 0.25) is 5.91 Å². The predicted octanol–water partition coefficient (Wildman–Crippen LogP) is 3.25. The Hall–Kier alpha value is -1.42. The van der Waals surface area contributed by atoms with Gasteiger partial charge in [-0.05, 0) is 37.5 Å². The van der Waals surface area contributed by atoms with Crippen molar-refractivity contribution < 1.29 is 9.18 Å². The Balaban J connectivity index is 2.15. The van der Waals surface area contributed by atoms with E-state index in [1.54, 1.807) is 17.0 Å². The van der Waals surface area contributed by atoms with Crippen molar-refractivity contribution in [3.8, 4) is 0 Å². The highest BCUT2D eigenvalue weighted by atomic mass is 19.1. The van der Waals surface area contributed by atoms with Gasteiger partial charge < -0.3 is 10.6 Å². The van der Waals surface area contributed by atoms with Crippen LogP contribution >= 0.6 is 0 Å². The van der Waals surface area contributed by atoms with E-state index in [1.807, 2.05) is 14.0 Å². The van der Waals surface area contributed by atoms with Crippen molar-refractivity contribution in [2.24, 2.45) is 11.1 Å². The number of halogens is 1. The lowest BCUT2D eigenvalue weighted by Crippen LogP contribution is -2.48. The number of carbonyl (C=O) groups is 1. The number of carbonyl (C=O) groups excluding carboxylic acids is 1. The highest BCUT2D eigenvalue weighted by Crippen LogP contribution is 2.38. The molecule has 0 heterocycles. The molecule has 0 bridgehead atoms. The molecule has 1 amide bonds.